The number of aliphatic imine (C=N–C) groups is 1. The molecular formula is C26H26N8. The topological polar surface area (TPSA) is 122 Å². The lowest BCUT2D eigenvalue weighted by molar-refractivity contribution is 0.356. The zero-order chi connectivity index (χ0) is 22.9. The molecule has 0 unspecified atom stereocenters. The van der Waals surface area contributed by atoms with Crippen molar-refractivity contribution in [3.05, 3.63) is 54.7 Å². The third-order valence-electron chi connectivity index (χ3n) is 6.78. The first kappa shape index (κ1) is 20.5. The van der Waals surface area contributed by atoms with E-state index in [-0.39, 0.29) is 0 Å². The third kappa shape index (κ3) is 3.81. The number of hydrogen-bond donors (Lipinski definition) is 3. The predicted octanol–water partition coefficient (Wildman–Crippen LogP) is 5.30. The van der Waals surface area contributed by atoms with Crippen molar-refractivity contribution in [3.63, 3.8) is 0 Å². The zero-order valence-electron chi connectivity index (χ0n) is 18.8. The molecule has 0 spiro atoms. The Morgan fingerprint density at radius 1 is 0.941 bits per heavy atom. The van der Waals surface area contributed by atoms with Crippen LogP contribution < -0.4 is 5.73 Å². The van der Waals surface area contributed by atoms with E-state index in [1.54, 1.807) is 12.4 Å². The van der Waals surface area contributed by atoms with Gasteiger partial charge in [-0.1, -0.05) is 32.1 Å². The fraction of sp³-hybridized carbons (Fsp3) is 0.269. The van der Waals surface area contributed by atoms with E-state index in [1.165, 1.54) is 44.0 Å². The Morgan fingerprint density at radius 3 is 2.71 bits per heavy atom. The van der Waals surface area contributed by atoms with Crippen LogP contribution in [0.2, 0.25) is 0 Å². The number of fused-ring (bicyclic) bond motifs is 2. The van der Waals surface area contributed by atoms with Crippen LogP contribution in [0, 0.1) is 5.92 Å². The Kier molecular flexibility index (Phi) is 5.25. The molecule has 8 heteroatoms. The molecule has 1 fully saturated rings. The Labute approximate surface area is 196 Å². The molecule has 5 aromatic heterocycles. The van der Waals surface area contributed by atoms with Crippen molar-refractivity contribution in [2.24, 2.45) is 16.6 Å². The number of aromatic amines is 2. The third-order valence-corrected chi connectivity index (χ3v) is 6.78. The molecule has 34 heavy (non-hydrogen) atoms. The molecule has 0 aliphatic heterocycles. The Bertz CT molecular complexity index is 1490. The number of H-pyrrole nitrogens is 2. The molecule has 1 aliphatic rings. The highest BCUT2D eigenvalue weighted by molar-refractivity contribution is 5.99. The van der Waals surface area contributed by atoms with Gasteiger partial charge in [0.1, 0.15) is 5.69 Å². The van der Waals surface area contributed by atoms with E-state index in [0.717, 1.165) is 56.8 Å². The molecule has 0 atom stereocenters. The van der Waals surface area contributed by atoms with Crippen LogP contribution in [0.5, 0.6) is 0 Å². The molecule has 4 N–H and O–H groups in total. The van der Waals surface area contributed by atoms with Gasteiger partial charge in [0, 0.05) is 28.7 Å². The van der Waals surface area contributed by atoms with Crippen molar-refractivity contribution < 1.29 is 0 Å². The summed E-state index contributed by atoms with van der Waals surface area (Å²) in [5.41, 5.74) is 12.9. The van der Waals surface area contributed by atoms with E-state index in [9.17, 15) is 0 Å². The van der Waals surface area contributed by atoms with Gasteiger partial charge in [-0.25, -0.2) is 4.99 Å². The maximum Gasteiger partial charge on any atom is 0.116 e. The molecule has 0 bridgehead atoms. The van der Waals surface area contributed by atoms with Gasteiger partial charge in [0.15, 0.2) is 0 Å². The summed E-state index contributed by atoms with van der Waals surface area (Å²) in [5.74, 6) is 0.770. The summed E-state index contributed by atoms with van der Waals surface area (Å²) in [6, 6.07) is 6.35. The Balaban J connectivity index is 1.37. The van der Waals surface area contributed by atoms with E-state index in [2.05, 4.69) is 47.3 Å². The van der Waals surface area contributed by atoms with Crippen molar-refractivity contribution in [2.45, 2.75) is 38.5 Å². The van der Waals surface area contributed by atoms with Gasteiger partial charge >= 0.3 is 0 Å². The van der Waals surface area contributed by atoms with Gasteiger partial charge in [0.25, 0.3) is 0 Å². The quantitative estimate of drug-likeness (QED) is 0.248. The van der Waals surface area contributed by atoms with Crippen molar-refractivity contribution in [2.75, 3.05) is 0 Å². The number of rotatable bonds is 5. The van der Waals surface area contributed by atoms with Crippen LogP contribution >= 0.6 is 0 Å². The normalized spacial score (nSPS) is 15.1. The molecule has 1 aliphatic carbocycles. The first-order chi connectivity index (χ1) is 16.8. The van der Waals surface area contributed by atoms with Crippen LogP contribution in [0.3, 0.4) is 0 Å². The van der Waals surface area contributed by atoms with Crippen molar-refractivity contribution in [1.29, 1.82) is 0 Å². The first-order valence-corrected chi connectivity index (χ1v) is 11.8. The lowest BCUT2D eigenvalue weighted by Crippen LogP contribution is -2.09. The maximum atomic E-state index is 5.50. The molecular weight excluding hydrogens is 424 g/mol. The molecule has 5 aromatic rings. The summed E-state index contributed by atoms with van der Waals surface area (Å²) in [5, 5.41) is 9.61. The summed E-state index contributed by atoms with van der Waals surface area (Å²) >= 11 is 0. The van der Waals surface area contributed by atoms with Gasteiger partial charge in [0.05, 0.1) is 53.0 Å². The van der Waals surface area contributed by atoms with Gasteiger partial charge in [0.2, 0.25) is 0 Å². The number of hydrogen-bond acceptors (Lipinski definition) is 5. The molecule has 1 saturated carbocycles. The number of nitrogens with one attached hydrogen (secondary N) is 2. The Morgan fingerprint density at radius 2 is 1.82 bits per heavy atom. The smallest absolute Gasteiger partial charge is 0.116 e. The number of pyridine rings is 3. The lowest BCUT2D eigenvalue weighted by Gasteiger charge is -2.21. The van der Waals surface area contributed by atoms with Gasteiger partial charge in [-0.15, -0.1) is 0 Å². The zero-order valence-corrected chi connectivity index (χ0v) is 18.8. The van der Waals surface area contributed by atoms with Gasteiger partial charge < -0.3 is 10.7 Å². The van der Waals surface area contributed by atoms with E-state index in [0.29, 0.717) is 5.69 Å². The highest BCUT2D eigenvalue weighted by Gasteiger charge is 2.16. The van der Waals surface area contributed by atoms with Crippen LogP contribution in [-0.2, 0) is 6.42 Å². The SMILES string of the molecule is NC=Nc1cncc2[nH]c(-c3n[nH]c4cnc(-c5cncc(CC6CCCCC6)c5)cc34)cc12. The summed E-state index contributed by atoms with van der Waals surface area (Å²) in [7, 11) is 0. The van der Waals surface area contributed by atoms with E-state index in [1.807, 2.05) is 24.7 Å². The first-order valence-electron chi connectivity index (χ1n) is 11.8. The van der Waals surface area contributed by atoms with Crippen LogP contribution in [0.4, 0.5) is 5.69 Å². The Hall–Kier alpha value is -4.07. The van der Waals surface area contributed by atoms with Gasteiger partial charge in [-0.3, -0.25) is 20.1 Å². The van der Waals surface area contributed by atoms with Crippen molar-refractivity contribution in [1.82, 2.24) is 30.1 Å². The van der Waals surface area contributed by atoms with Crippen LogP contribution in [0.25, 0.3) is 44.5 Å². The van der Waals surface area contributed by atoms with Gasteiger partial charge in [-0.05, 0) is 36.1 Å². The summed E-state index contributed by atoms with van der Waals surface area (Å²) < 4.78 is 0. The fourth-order valence-electron chi connectivity index (χ4n) is 5.09. The largest absolute Gasteiger partial charge is 0.390 e. The van der Waals surface area contributed by atoms with E-state index in [4.69, 9.17) is 5.73 Å². The summed E-state index contributed by atoms with van der Waals surface area (Å²) in [6.45, 7) is 0. The number of nitrogens with zero attached hydrogens (tertiary/aromatic N) is 5. The number of nitrogens with two attached hydrogens (primary N) is 1. The average Bonchev–Trinajstić information content (AvgIpc) is 3.49. The predicted molar refractivity (Wildman–Crippen MR) is 135 cm³/mol. The highest BCUT2D eigenvalue weighted by atomic mass is 15.1. The van der Waals surface area contributed by atoms with Crippen molar-refractivity contribution in [3.8, 4) is 22.6 Å². The lowest BCUT2D eigenvalue weighted by atomic mass is 9.85. The second-order valence-electron chi connectivity index (χ2n) is 9.06. The van der Waals surface area contributed by atoms with Crippen LogP contribution in [0.1, 0.15) is 37.7 Å². The molecule has 8 nitrogen and oxygen atoms in total. The van der Waals surface area contributed by atoms with Crippen LogP contribution in [0.15, 0.2) is 54.2 Å². The average molecular weight is 451 g/mol. The molecule has 0 saturated heterocycles. The molecule has 0 amide bonds. The standard InChI is InChI=1S/C26H26N8/c27-15-31-23-12-29-13-24-19(23)8-22(32-24)26-20-9-21(30-14-25(20)33-34-26)18-7-17(10-28-11-18)6-16-4-2-1-3-5-16/h7-16,32H,1-6H2,(H2,27,31)(H,33,34). The minimum atomic E-state index is 0.713. The van der Waals surface area contributed by atoms with Crippen molar-refractivity contribution >= 4 is 33.8 Å². The van der Waals surface area contributed by atoms with Gasteiger partial charge in [-0.2, -0.15) is 5.10 Å². The second kappa shape index (κ2) is 8.70. The highest BCUT2D eigenvalue weighted by Crippen LogP contribution is 2.34. The monoisotopic (exact) mass is 450 g/mol. The molecule has 6 rings (SSSR count). The summed E-state index contributed by atoms with van der Waals surface area (Å²) in [4.78, 5) is 21.1. The molecule has 0 aromatic carbocycles. The molecule has 170 valence electrons. The van der Waals surface area contributed by atoms with Crippen LogP contribution in [-0.4, -0.2) is 36.5 Å². The van der Waals surface area contributed by atoms with E-state index < -0.39 is 0 Å². The fourth-order valence-corrected chi connectivity index (χ4v) is 5.09. The summed E-state index contributed by atoms with van der Waals surface area (Å²) in [6.07, 6.45) is 18.3. The van der Waals surface area contributed by atoms with E-state index >= 15 is 0 Å². The minimum absolute atomic E-state index is 0.713. The number of aromatic nitrogens is 6. The maximum absolute atomic E-state index is 5.50. The molecule has 0 radical (unpaired) electrons. The molecule has 5 heterocycles. The minimum Gasteiger partial charge on any atom is -0.390 e. The second-order valence-corrected chi connectivity index (χ2v) is 9.06.